The summed E-state index contributed by atoms with van der Waals surface area (Å²) in [5.74, 6) is 0.975. The fourth-order valence-corrected chi connectivity index (χ4v) is 2.61. The van der Waals surface area contributed by atoms with Crippen LogP contribution in [0.15, 0.2) is 35.7 Å². The Balaban J connectivity index is 2.36. The molecule has 0 atom stereocenters. The predicted molar refractivity (Wildman–Crippen MR) is 68.4 cm³/mol. The van der Waals surface area contributed by atoms with Crippen LogP contribution in [0, 0.1) is 0 Å². The highest BCUT2D eigenvalue weighted by molar-refractivity contribution is 7.13. The van der Waals surface area contributed by atoms with E-state index in [0.29, 0.717) is 0 Å². The summed E-state index contributed by atoms with van der Waals surface area (Å²) in [7, 11) is 2.02. The number of thiophene rings is 1. The highest BCUT2D eigenvalue weighted by atomic mass is 32.1. The number of aryl methyl sites for hydroxylation is 1. The molecule has 0 saturated heterocycles. The van der Waals surface area contributed by atoms with Crippen molar-refractivity contribution in [1.29, 1.82) is 0 Å². The number of aromatic nitrogens is 2. The van der Waals surface area contributed by atoms with Gasteiger partial charge in [-0.3, -0.25) is 0 Å². The zero-order valence-electron chi connectivity index (χ0n) is 8.84. The van der Waals surface area contributed by atoms with Gasteiger partial charge in [0.2, 0.25) is 0 Å². The Bertz CT molecular complexity index is 638. The van der Waals surface area contributed by atoms with Crippen molar-refractivity contribution in [3.8, 4) is 10.7 Å². The Kier molecular flexibility index (Phi) is 1.97. The van der Waals surface area contributed by atoms with E-state index in [-0.39, 0.29) is 0 Å². The summed E-state index contributed by atoms with van der Waals surface area (Å²) in [6.45, 7) is 0. The van der Waals surface area contributed by atoms with E-state index in [1.54, 1.807) is 11.3 Å². The molecule has 0 aliphatic carbocycles. The van der Waals surface area contributed by atoms with Crippen molar-refractivity contribution in [2.24, 2.45) is 7.05 Å². The van der Waals surface area contributed by atoms with Crippen molar-refractivity contribution < 1.29 is 0 Å². The van der Waals surface area contributed by atoms with Gasteiger partial charge in [-0.15, -0.1) is 11.3 Å². The van der Waals surface area contributed by atoms with E-state index in [4.69, 9.17) is 5.73 Å². The van der Waals surface area contributed by atoms with Crippen LogP contribution in [0.2, 0.25) is 0 Å². The Labute approximate surface area is 97.2 Å². The molecule has 0 unspecified atom stereocenters. The number of nitrogens with zero attached hydrogens (tertiary/aromatic N) is 2. The number of para-hydroxylation sites is 1. The van der Waals surface area contributed by atoms with Gasteiger partial charge in [-0.25, -0.2) is 4.98 Å². The minimum atomic E-state index is 0.732. The highest BCUT2D eigenvalue weighted by Crippen LogP contribution is 2.29. The third-order valence-corrected chi connectivity index (χ3v) is 3.55. The number of rotatable bonds is 1. The Hall–Kier alpha value is -1.81. The lowest BCUT2D eigenvalue weighted by Gasteiger charge is -1.98. The van der Waals surface area contributed by atoms with E-state index in [0.717, 1.165) is 27.4 Å². The first kappa shape index (κ1) is 9.42. The van der Waals surface area contributed by atoms with Crippen LogP contribution in [0.5, 0.6) is 0 Å². The van der Waals surface area contributed by atoms with Crippen molar-refractivity contribution in [1.82, 2.24) is 9.55 Å². The van der Waals surface area contributed by atoms with E-state index >= 15 is 0 Å². The van der Waals surface area contributed by atoms with E-state index in [9.17, 15) is 0 Å². The van der Waals surface area contributed by atoms with Gasteiger partial charge in [0.25, 0.3) is 0 Å². The van der Waals surface area contributed by atoms with Crippen LogP contribution in [-0.2, 0) is 7.05 Å². The van der Waals surface area contributed by atoms with Gasteiger partial charge in [0.15, 0.2) is 5.82 Å². The molecule has 3 nitrogen and oxygen atoms in total. The van der Waals surface area contributed by atoms with Crippen LogP contribution < -0.4 is 5.73 Å². The molecule has 0 radical (unpaired) electrons. The summed E-state index contributed by atoms with van der Waals surface area (Å²) in [5, 5.41) is 2.05. The molecule has 0 aliphatic rings. The molecule has 2 heterocycles. The lowest BCUT2D eigenvalue weighted by atomic mass is 10.3. The number of anilines is 1. The summed E-state index contributed by atoms with van der Waals surface area (Å²) >= 11 is 1.69. The van der Waals surface area contributed by atoms with Gasteiger partial charge in [0, 0.05) is 7.05 Å². The van der Waals surface area contributed by atoms with Crippen LogP contribution in [0.1, 0.15) is 0 Å². The molecule has 80 valence electrons. The third kappa shape index (κ3) is 1.23. The number of nitrogen functional groups attached to an aromatic ring is 1. The lowest BCUT2D eigenvalue weighted by molar-refractivity contribution is 0.963. The molecule has 0 fully saturated rings. The minimum Gasteiger partial charge on any atom is -0.397 e. The van der Waals surface area contributed by atoms with Gasteiger partial charge in [0.05, 0.1) is 16.1 Å². The fourth-order valence-electron chi connectivity index (χ4n) is 1.86. The largest absolute Gasteiger partial charge is 0.397 e. The topological polar surface area (TPSA) is 43.8 Å². The summed E-state index contributed by atoms with van der Waals surface area (Å²) in [5.41, 5.74) is 8.61. The number of nitrogens with two attached hydrogens (primary N) is 1. The Morgan fingerprint density at radius 2 is 2.12 bits per heavy atom. The van der Waals surface area contributed by atoms with Gasteiger partial charge < -0.3 is 10.3 Å². The maximum absolute atomic E-state index is 5.92. The van der Waals surface area contributed by atoms with E-state index in [2.05, 4.69) is 21.0 Å². The predicted octanol–water partition coefficient (Wildman–Crippen LogP) is 2.88. The van der Waals surface area contributed by atoms with Gasteiger partial charge in [0.1, 0.15) is 5.52 Å². The lowest BCUT2D eigenvalue weighted by Crippen LogP contribution is -1.90. The van der Waals surface area contributed by atoms with Crippen molar-refractivity contribution in [3.63, 3.8) is 0 Å². The van der Waals surface area contributed by atoms with E-state index < -0.39 is 0 Å². The summed E-state index contributed by atoms with van der Waals surface area (Å²) < 4.78 is 2.08. The second-order valence-electron chi connectivity index (χ2n) is 3.69. The molecule has 1 aromatic carbocycles. The smallest absolute Gasteiger partial charge is 0.151 e. The molecular weight excluding hydrogens is 218 g/mol. The molecule has 4 heteroatoms. The molecule has 3 rings (SSSR count). The normalized spacial score (nSPS) is 11.1. The highest BCUT2D eigenvalue weighted by Gasteiger charge is 2.11. The zero-order valence-corrected chi connectivity index (χ0v) is 9.66. The summed E-state index contributed by atoms with van der Waals surface area (Å²) in [6.07, 6.45) is 0. The first-order valence-electron chi connectivity index (χ1n) is 5.02. The standard InChI is InChI=1S/C12H11N3S/c1-15-9-5-2-4-8(13)11(9)14-12(15)10-6-3-7-16-10/h2-7H,13H2,1H3. The maximum atomic E-state index is 5.92. The molecule has 2 aromatic heterocycles. The molecule has 16 heavy (non-hydrogen) atoms. The third-order valence-electron chi connectivity index (χ3n) is 2.68. The molecule has 2 N–H and O–H groups in total. The number of hydrogen-bond acceptors (Lipinski definition) is 3. The molecule has 0 amide bonds. The molecular formula is C12H11N3S. The van der Waals surface area contributed by atoms with Crippen molar-refractivity contribution >= 4 is 28.1 Å². The number of imidazole rings is 1. The first-order valence-corrected chi connectivity index (χ1v) is 5.90. The Morgan fingerprint density at radius 1 is 1.25 bits per heavy atom. The second kappa shape index (κ2) is 3.35. The molecule has 3 aromatic rings. The van der Waals surface area contributed by atoms with Crippen LogP contribution in [-0.4, -0.2) is 9.55 Å². The fraction of sp³-hybridized carbons (Fsp3) is 0.0833. The molecule has 0 saturated carbocycles. The number of hydrogen-bond donors (Lipinski definition) is 1. The Morgan fingerprint density at radius 3 is 2.81 bits per heavy atom. The monoisotopic (exact) mass is 229 g/mol. The van der Waals surface area contributed by atoms with E-state index in [1.165, 1.54) is 0 Å². The van der Waals surface area contributed by atoms with Crippen molar-refractivity contribution in [2.45, 2.75) is 0 Å². The van der Waals surface area contributed by atoms with Crippen LogP contribution in [0.3, 0.4) is 0 Å². The maximum Gasteiger partial charge on any atom is 0.151 e. The quantitative estimate of drug-likeness (QED) is 0.652. The van der Waals surface area contributed by atoms with Crippen molar-refractivity contribution in [3.05, 3.63) is 35.7 Å². The van der Waals surface area contributed by atoms with Crippen LogP contribution in [0.4, 0.5) is 5.69 Å². The first-order chi connectivity index (χ1) is 7.77. The summed E-state index contributed by atoms with van der Waals surface area (Å²) in [6, 6.07) is 9.98. The average Bonchev–Trinajstić information content (AvgIpc) is 2.88. The van der Waals surface area contributed by atoms with E-state index in [1.807, 2.05) is 31.3 Å². The number of benzene rings is 1. The van der Waals surface area contributed by atoms with Gasteiger partial charge in [-0.1, -0.05) is 12.1 Å². The number of fused-ring (bicyclic) bond motifs is 1. The molecule has 0 spiro atoms. The van der Waals surface area contributed by atoms with Crippen molar-refractivity contribution in [2.75, 3.05) is 5.73 Å². The SMILES string of the molecule is Cn1c(-c2cccs2)nc2c(N)cccc21. The van der Waals surface area contributed by atoms with Crippen LogP contribution >= 0.6 is 11.3 Å². The average molecular weight is 229 g/mol. The van der Waals surface area contributed by atoms with Gasteiger partial charge in [-0.2, -0.15) is 0 Å². The van der Waals surface area contributed by atoms with Gasteiger partial charge in [-0.05, 0) is 23.6 Å². The zero-order chi connectivity index (χ0) is 11.1. The summed E-state index contributed by atoms with van der Waals surface area (Å²) in [4.78, 5) is 5.77. The molecule has 0 bridgehead atoms. The minimum absolute atomic E-state index is 0.732. The second-order valence-corrected chi connectivity index (χ2v) is 4.63. The molecule has 0 aliphatic heterocycles. The van der Waals surface area contributed by atoms with Gasteiger partial charge >= 0.3 is 0 Å². The van der Waals surface area contributed by atoms with Crippen LogP contribution in [0.25, 0.3) is 21.7 Å².